The molecule has 0 spiro atoms. The van der Waals surface area contributed by atoms with Crippen LogP contribution in [0.2, 0.25) is 0 Å². The van der Waals surface area contributed by atoms with Crippen LogP contribution in [0.25, 0.3) is 0 Å². The lowest BCUT2D eigenvalue weighted by molar-refractivity contribution is 0.256. The highest BCUT2D eigenvalue weighted by Crippen LogP contribution is 2.28. The van der Waals surface area contributed by atoms with Crippen molar-refractivity contribution in [3.05, 3.63) is 35.9 Å². The van der Waals surface area contributed by atoms with Crippen molar-refractivity contribution in [3.8, 4) is 0 Å². The SMILES string of the molecule is N[C@@H]1CC[C@@H]1Cc1ccccc1. The van der Waals surface area contributed by atoms with Crippen LogP contribution in [0.3, 0.4) is 0 Å². The van der Waals surface area contributed by atoms with Gasteiger partial charge in [-0.1, -0.05) is 30.3 Å². The molecule has 0 heterocycles. The Morgan fingerprint density at radius 3 is 2.42 bits per heavy atom. The first-order valence-electron chi connectivity index (χ1n) is 4.66. The smallest absolute Gasteiger partial charge is 0.00704 e. The highest BCUT2D eigenvalue weighted by molar-refractivity contribution is 5.16. The third-order valence-corrected chi connectivity index (χ3v) is 2.82. The van der Waals surface area contributed by atoms with Gasteiger partial charge in [0.1, 0.15) is 0 Å². The van der Waals surface area contributed by atoms with Gasteiger partial charge in [-0.3, -0.25) is 0 Å². The number of hydrogen-bond acceptors (Lipinski definition) is 1. The van der Waals surface area contributed by atoms with Crippen molar-refractivity contribution in [2.45, 2.75) is 25.3 Å². The zero-order chi connectivity index (χ0) is 8.39. The van der Waals surface area contributed by atoms with Gasteiger partial charge in [-0.2, -0.15) is 0 Å². The van der Waals surface area contributed by atoms with Gasteiger partial charge < -0.3 is 5.73 Å². The Hall–Kier alpha value is -0.820. The summed E-state index contributed by atoms with van der Waals surface area (Å²) in [5, 5.41) is 0. The van der Waals surface area contributed by atoms with E-state index in [0.717, 1.165) is 5.92 Å². The molecule has 2 N–H and O–H groups in total. The zero-order valence-electron chi connectivity index (χ0n) is 7.24. The van der Waals surface area contributed by atoms with E-state index >= 15 is 0 Å². The molecule has 1 heteroatoms. The molecule has 1 nitrogen and oxygen atoms in total. The van der Waals surface area contributed by atoms with E-state index in [0.29, 0.717) is 6.04 Å². The lowest BCUT2D eigenvalue weighted by Crippen LogP contribution is -2.40. The van der Waals surface area contributed by atoms with E-state index in [1.54, 1.807) is 0 Å². The molecule has 2 rings (SSSR count). The quantitative estimate of drug-likeness (QED) is 0.705. The van der Waals surface area contributed by atoms with Crippen molar-refractivity contribution in [1.29, 1.82) is 0 Å². The second-order valence-electron chi connectivity index (χ2n) is 3.69. The normalized spacial score (nSPS) is 28.1. The maximum absolute atomic E-state index is 5.87. The molecule has 0 unspecified atom stereocenters. The Balaban J connectivity index is 1.95. The number of rotatable bonds is 2. The van der Waals surface area contributed by atoms with Crippen LogP contribution in [-0.4, -0.2) is 6.04 Å². The summed E-state index contributed by atoms with van der Waals surface area (Å²) in [4.78, 5) is 0. The van der Waals surface area contributed by atoms with Crippen molar-refractivity contribution in [2.24, 2.45) is 11.7 Å². The zero-order valence-corrected chi connectivity index (χ0v) is 7.24. The molecule has 0 amide bonds. The van der Waals surface area contributed by atoms with Crippen molar-refractivity contribution < 1.29 is 0 Å². The molecule has 0 saturated heterocycles. The van der Waals surface area contributed by atoms with Gasteiger partial charge in [0.2, 0.25) is 0 Å². The molecule has 64 valence electrons. The van der Waals surface area contributed by atoms with Gasteiger partial charge in [-0.25, -0.2) is 0 Å². The summed E-state index contributed by atoms with van der Waals surface area (Å²) in [6, 6.07) is 11.1. The molecule has 0 radical (unpaired) electrons. The van der Waals surface area contributed by atoms with Gasteiger partial charge in [-0.05, 0) is 30.7 Å². The lowest BCUT2D eigenvalue weighted by Gasteiger charge is -2.33. The van der Waals surface area contributed by atoms with E-state index in [4.69, 9.17) is 5.73 Å². The second kappa shape index (κ2) is 3.28. The molecule has 0 aliphatic heterocycles. The van der Waals surface area contributed by atoms with Crippen LogP contribution in [-0.2, 0) is 6.42 Å². The Kier molecular flexibility index (Phi) is 2.13. The Bertz CT molecular complexity index is 242. The first kappa shape index (κ1) is 7.81. The molecular weight excluding hydrogens is 146 g/mol. The molecule has 1 aliphatic rings. The van der Waals surface area contributed by atoms with E-state index in [1.165, 1.54) is 24.8 Å². The maximum atomic E-state index is 5.87. The van der Waals surface area contributed by atoms with Gasteiger partial charge in [-0.15, -0.1) is 0 Å². The third kappa shape index (κ3) is 1.51. The third-order valence-electron chi connectivity index (χ3n) is 2.82. The molecule has 1 fully saturated rings. The monoisotopic (exact) mass is 161 g/mol. The summed E-state index contributed by atoms with van der Waals surface area (Å²) in [7, 11) is 0. The van der Waals surface area contributed by atoms with Crippen LogP contribution in [0.5, 0.6) is 0 Å². The van der Waals surface area contributed by atoms with E-state index in [2.05, 4.69) is 30.3 Å². The van der Waals surface area contributed by atoms with Crippen molar-refractivity contribution in [3.63, 3.8) is 0 Å². The summed E-state index contributed by atoms with van der Waals surface area (Å²) in [6.07, 6.45) is 3.70. The summed E-state index contributed by atoms with van der Waals surface area (Å²) in [5.41, 5.74) is 7.30. The predicted molar refractivity (Wildman–Crippen MR) is 50.8 cm³/mol. The summed E-state index contributed by atoms with van der Waals surface area (Å²) < 4.78 is 0. The molecule has 1 aliphatic carbocycles. The Morgan fingerprint density at radius 2 is 1.92 bits per heavy atom. The van der Waals surface area contributed by atoms with Gasteiger partial charge in [0.25, 0.3) is 0 Å². The fourth-order valence-electron chi connectivity index (χ4n) is 1.77. The van der Waals surface area contributed by atoms with Gasteiger partial charge in [0, 0.05) is 6.04 Å². The molecule has 0 bridgehead atoms. The van der Waals surface area contributed by atoms with Crippen LogP contribution in [0.15, 0.2) is 30.3 Å². The minimum Gasteiger partial charge on any atom is -0.327 e. The molecule has 1 saturated carbocycles. The standard InChI is InChI=1S/C11H15N/c12-11-7-6-10(11)8-9-4-2-1-3-5-9/h1-5,10-11H,6-8,12H2/t10-,11-/m1/s1. The topological polar surface area (TPSA) is 26.0 Å². The van der Waals surface area contributed by atoms with E-state index < -0.39 is 0 Å². The maximum Gasteiger partial charge on any atom is 0.00704 e. The molecular formula is C11H15N. The molecule has 1 aromatic rings. The molecule has 0 aromatic heterocycles. The van der Waals surface area contributed by atoms with Crippen molar-refractivity contribution in [2.75, 3.05) is 0 Å². The van der Waals surface area contributed by atoms with Crippen molar-refractivity contribution >= 4 is 0 Å². The minimum absolute atomic E-state index is 0.463. The van der Waals surface area contributed by atoms with E-state index in [1.807, 2.05) is 0 Å². The summed E-state index contributed by atoms with van der Waals surface area (Å²) in [6.45, 7) is 0. The number of benzene rings is 1. The van der Waals surface area contributed by atoms with Crippen LogP contribution in [0.1, 0.15) is 18.4 Å². The van der Waals surface area contributed by atoms with Gasteiger partial charge in [0.15, 0.2) is 0 Å². The van der Waals surface area contributed by atoms with Crippen LogP contribution >= 0.6 is 0 Å². The van der Waals surface area contributed by atoms with E-state index in [-0.39, 0.29) is 0 Å². The summed E-state index contributed by atoms with van der Waals surface area (Å²) >= 11 is 0. The van der Waals surface area contributed by atoms with Crippen LogP contribution in [0.4, 0.5) is 0 Å². The first-order chi connectivity index (χ1) is 5.86. The predicted octanol–water partition coefficient (Wildman–Crippen LogP) is 1.97. The number of nitrogens with two attached hydrogens (primary N) is 1. The highest BCUT2D eigenvalue weighted by atomic mass is 14.7. The fourth-order valence-corrected chi connectivity index (χ4v) is 1.77. The van der Waals surface area contributed by atoms with Crippen LogP contribution < -0.4 is 5.73 Å². The fraction of sp³-hybridized carbons (Fsp3) is 0.455. The first-order valence-corrected chi connectivity index (χ1v) is 4.66. The average Bonchev–Trinajstić information content (AvgIpc) is 2.14. The van der Waals surface area contributed by atoms with E-state index in [9.17, 15) is 0 Å². The van der Waals surface area contributed by atoms with Gasteiger partial charge >= 0.3 is 0 Å². The van der Waals surface area contributed by atoms with Gasteiger partial charge in [0.05, 0.1) is 0 Å². The highest BCUT2D eigenvalue weighted by Gasteiger charge is 2.26. The Labute approximate surface area is 73.6 Å². The lowest BCUT2D eigenvalue weighted by atomic mass is 9.76. The number of hydrogen-bond donors (Lipinski definition) is 1. The molecule has 1 aromatic carbocycles. The van der Waals surface area contributed by atoms with Crippen molar-refractivity contribution in [1.82, 2.24) is 0 Å². The molecule has 12 heavy (non-hydrogen) atoms. The second-order valence-corrected chi connectivity index (χ2v) is 3.69. The largest absolute Gasteiger partial charge is 0.327 e. The summed E-state index contributed by atoms with van der Waals surface area (Å²) in [5.74, 6) is 0.743. The average molecular weight is 161 g/mol. The molecule has 2 atom stereocenters. The minimum atomic E-state index is 0.463. The van der Waals surface area contributed by atoms with Crippen LogP contribution in [0, 0.1) is 5.92 Å². The Morgan fingerprint density at radius 1 is 1.17 bits per heavy atom.